The lowest BCUT2D eigenvalue weighted by molar-refractivity contribution is 0.599. The van der Waals surface area contributed by atoms with Crippen molar-refractivity contribution >= 4 is 42.2 Å². The predicted octanol–water partition coefficient (Wildman–Crippen LogP) is 5.37. The van der Waals surface area contributed by atoms with Crippen LogP contribution in [0.2, 0.25) is 0 Å². The number of hydrogen-bond acceptors (Lipinski definition) is 4. The Kier molecular flexibility index (Phi) is 5.90. The normalized spacial score (nSPS) is 12.0. The van der Waals surface area contributed by atoms with Crippen LogP contribution in [0.3, 0.4) is 0 Å². The molecular weight excluding hydrogens is 456 g/mol. The zero-order valence-electron chi connectivity index (χ0n) is 18.5. The fourth-order valence-electron chi connectivity index (χ4n) is 4.02. The Morgan fingerprint density at radius 3 is 1.91 bits per heavy atom. The second-order valence-corrected chi connectivity index (χ2v) is 11.3. The van der Waals surface area contributed by atoms with Crippen molar-refractivity contribution in [2.75, 3.05) is 9.44 Å². The molecule has 0 bridgehead atoms. The molecular formula is C25H24N2O4S2. The van der Waals surface area contributed by atoms with E-state index in [1.54, 1.807) is 26.0 Å². The molecule has 0 atom stereocenters. The van der Waals surface area contributed by atoms with Crippen molar-refractivity contribution in [2.45, 2.75) is 30.6 Å². The molecule has 6 nitrogen and oxygen atoms in total. The topological polar surface area (TPSA) is 92.3 Å². The van der Waals surface area contributed by atoms with Crippen LogP contribution in [0.15, 0.2) is 88.7 Å². The minimum Gasteiger partial charge on any atom is -0.280 e. The molecule has 0 unspecified atom stereocenters. The van der Waals surface area contributed by atoms with Crippen molar-refractivity contribution in [3.63, 3.8) is 0 Å². The van der Waals surface area contributed by atoms with Gasteiger partial charge in [0.05, 0.1) is 15.5 Å². The van der Waals surface area contributed by atoms with Crippen LogP contribution in [0.5, 0.6) is 0 Å². The maximum Gasteiger partial charge on any atom is 0.262 e. The third-order valence-electron chi connectivity index (χ3n) is 5.32. The summed E-state index contributed by atoms with van der Waals surface area (Å²) in [4.78, 5) is 0.253. The Labute approximate surface area is 194 Å². The Hall–Kier alpha value is -3.36. The van der Waals surface area contributed by atoms with Crippen LogP contribution in [0.25, 0.3) is 10.8 Å². The standard InChI is InChI=1S/C25H24N2O4S2/c1-17-15-18(2)25(19(3)16-17)33(30,31)26-21-11-13-22(14-12-21)32(28,29)27-24-10-6-8-20-7-4-5-9-23(20)24/h4-16,26-27H,1-3H3. The quantitative estimate of drug-likeness (QED) is 0.388. The van der Waals surface area contributed by atoms with E-state index < -0.39 is 20.0 Å². The molecule has 8 heteroatoms. The number of anilines is 2. The Morgan fingerprint density at radius 2 is 1.24 bits per heavy atom. The highest BCUT2D eigenvalue weighted by Crippen LogP contribution is 2.27. The second-order valence-electron chi connectivity index (χ2n) is 7.99. The van der Waals surface area contributed by atoms with Crippen molar-refractivity contribution in [3.05, 3.63) is 95.6 Å². The lowest BCUT2D eigenvalue weighted by atomic mass is 10.1. The molecule has 0 spiro atoms. The second kappa shape index (κ2) is 8.53. The number of benzene rings is 4. The zero-order valence-corrected chi connectivity index (χ0v) is 20.1. The third-order valence-corrected chi connectivity index (χ3v) is 8.39. The summed E-state index contributed by atoms with van der Waals surface area (Å²) in [6.07, 6.45) is 0. The summed E-state index contributed by atoms with van der Waals surface area (Å²) in [5.74, 6) is 0. The number of nitrogens with one attached hydrogen (secondary N) is 2. The summed E-state index contributed by atoms with van der Waals surface area (Å²) in [6.45, 7) is 5.42. The summed E-state index contributed by atoms with van der Waals surface area (Å²) in [6, 6.07) is 22.1. The largest absolute Gasteiger partial charge is 0.280 e. The average molecular weight is 481 g/mol. The van der Waals surface area contributed by atoms with Crippen LogP contribution in [0, 0.1) is 20.8 Å². The van der Waals surface area contributed by atoms with Gasteiger partial charge in [0, 0.05) is 11.1 Å². The van der Waals surface area contributed by atoms with Crippen molar-refractivity contribution in [1.82, 2.24) is 0 Å². The fraction of sp³-hybridized carbons (Fsp3) is 0.120. The van der Waals surface area contributed by atoms with E-state index in [-0.39, 0.29) is 15.5 Å². The van der Waals surface area contributed by atoms with E-state index in [4.69, 9.17) is 0 Å². The molecule has 0 aromatic heterocycles. The summed E-state index contributed by atoms with van der Waals surface area (Å²) in [7, 11) is -7.69. The minimum atomic E-state index is -3.86. The van der Waals surface area contributed by atoms with Gasteiger partial charge in [-0.2, -0.15) is 0 Å². The van der Waals surface area contributed by atoms with Gasteiger partial charge in [-0.25, -0.2) is 16.8 Å². The molecule has 0 radical (unpaired) electrons. The molecule has 33 heavy (non-hydrogen) atoms. The Balaban J connectivity index is 1.59. The number of aryl methyl sites for hydroxylation is 3. The van der Waals surface area contributed by atoms with E-state index in [9.17, 15) is 16.8 Å². The molecule has 0 aliphatic carbocycles. The maximum absolute atomic E-state index is 13.0. The van der Waals surface area contributed by atoms with Crippen molar-refractivity contribution in [2.24, 2.45) is 0 Å². The number of hydrogen-bond donors (Lipinski definition) is 2. The highest BCUT2D eigenvalue weighted by atomic mass is 32.2. The molecule has 4 rings (SSSR count). The van der Waals surface area contributed by atoms with Gasteiger partial charge in [-0.05, 0) is 67.6 Å². The van der Waals surface area contributed by atoms with Gasteiger partial charge in [-0.1, -0.05) is 54.1 Å². The van der Waals surface area contributed by atoms with Crippen LogP contribution < -0.4 is 9.44 Å². The van der Waals surface area contributed by atoms with Gasteiger partial charge in [0.15, 0.2) is 0 Å². The molecule has 0 fully saturated rings. The summed E-state index contributed by atoms with van der Waals surface area (Å²) in [5.41, 5.74) is 3.04. The van der Waals surface area contributed by atoms with E-state index >= 15 is 0 Å². The van der Waals surface area contributed by atoms with E-state index in [1.165, 1.54) is 24.3 Å². The summed E-state index contributed by atoms with van der Waals surface area (Å²) >= 11 is 0. The molecule has 2 N–H and O–H groups in total. The lowest BCUT2D eigenvalue weighted by Gasteiger charge is -2.14. The van der Waals surface area contributed by atoms with Gasteiger partial charge < -0.3 is 0 Å². The molecule has 0 saturated heterocycles. The smallest absolute Gasteiger partial charge is 0.262 e. The van der Waals surface area contributed by atoms with Crippen LogP contribution in [0.1, 0.15) is 16.7 Å². The fourth-order valence-corrected chi connectivity index (χ4v) is 6.61. The summed E-state index contributed by atoms with van der Waals surface area (Å²) < 4.78 is 57.0. The molecule has 4 aromatic rings. The monoisotopic (exact) mass is 480 g/mol. The predicted molar refractivity (Wildman–Crippen MR) is 133 cm³/mol. The number of fused-ring (bicyclic) bond motifs is 1. The third kappa shape index (κ3) is 4.72. The molecule has 170 valence electrons. The maximum atomic E-state index is 13.0. The minimum absolute atomic E-state index is 0.0288. The van der Waals surface area contributed by atoms with Gasteiger partial charge in [-0.15, -0.1) is 0 Å². The first-order chi connectivity index (χ1) is 15.6. The molecule has 0 heterocycles. The SMILES string of the molecule is Cc1cc(C)c(S(=O)(=O)Nc2ccc(S(=O)(=O)Nc3cccc4ccccc34)cc2)c(C)c1. The van der Waals surface area contributed by atoms with Gasteiger partial charge in [0.25, 0.3) is 20.0 Å². The highest BCUT2D eigenvalue weighted by molar-refractivity contribution is 7.93. The highest BCUT2D eigenvalue weighted by Gasteiger charge is 2.21. The zero-order chi connectivity index (χ0) is 23.8. The van der Waals surface area contributed by atoms with Gasteiger partial charge in [-0.3, -0.25) is 9.44 Å². The van der Waals surface area contributed by atoms with Crippen LogP contribution in [0.4, 0.5) is 11.4 Å². The van der Waals surface area contributed by atoms with Gasteiger partial charge in [0.1, 0.15) is 0 Å². The van der Waals surface area contributed by atoms with E-state index in [2.05, 4.69) is 9.44 Å². The first kappa shape index (κ1) is 22.8. The summed E-state index contributed by atoms with van der Waals surface area (Å²) in [5, 5.41) is 1.71. The Bertz CT molecular complexity index is 1530. The molecule has 0 aliphatic rings. The molecule has 0 amide bonds. The van der Waals surface area contributed by atoms with Crippen molar-refractivity contribution in [1.29, 1.82) is 0 Å². The van der Waals surface area contributed by atoms with E-state index in [1.807, 2.05) is 49.4 Å². The first-order valence-electron chi connectivity index (χ1n) is 10.3. The number of sulfonamides is 2. The lowest BCUT2D eigenvalue weighted by Crippen LogP contribution is -2.16. The van der Waals surface area contributed by atoms with Gasteiger partial charge in [0.2, 0.25) is 0 Å². The van der Waals surface area contributed by atoms with Crippen molar-refractivity contribution < 1.29 is 16.8 Å². The van der Waals surface area contributed by atoms with Crippen LogP contribution >= 0.6 is 0 Å². The average Bonchev–Trinajstić information content (AvgIpc) is 2.73. The molecule has 0 aliphatic heterocycles. The van der Waals surface area contributed by atoms with E-state index in [0.717, 1.165) is 16.3 Å². The Morgan fingerprint density at radius 1 is 0.636 bits per heavy atom. The first-order valence-corrected chi connectivity index (χ1v) is 13.2. The van der Waals surface area contributed by atoms with Crippen LogP contribution in [-0.4, -0.2) is 16.8 Å². The van der Waals surface area contributed by atoms with E-state index in [0.29, 0.717) is 16.8 Å². The van der Waals surface area contributed by atoms with Crippen LogP contribution in [-0.2, 0) is 20.0 Å². The number of rotatable bonds is 6. The van der Waals surface area contributed by atoms with Gasteiger partial charge >= 0.3 is 0 Å². The molecule has 0 saturated carbocycles. The van der Waals surface area contributed by atoms with Crippen molar-refractivity contribution in [3.8, 4) is 0 Å². The molecule has 4 aromatic carbocycles.